The molecule has 0 aromatic heterocycles. The van der Waals surface area contributed by atoms with Gasteiger partial charge in [-0.2, -0.15) is 0 Å². The molecule has 190 valence electrons. The molecule has 1 amide bonds. The summed E-state index contributed by atoms with van der Waals surface area (Å²) >= 11 is 0. The van der Waals surface area contributed by atoms with Crippen LogP contribution in [-0.4, -0.2) is 47.2 Å². The molecule has 1 aliphatic rings. The van der Waals surface area contributed by atoms with E-state index in [1.165, 1.54) is 57.6 Å². The van der Waals surface area contributed by atoms with Gasteiger partial charge in [0.25, 0.3) is 5.91 Å². The zero-order valence-corrected chi connectivity index (χ0v) is 21.5. The molecule has 1 unspecified atom stereocenters. The first-order chi connectivity index (χ1) is 17.4. The molecule has 5 nitrogen and oxygen atoms in total. The Hall–Kier alpha value is -3.23. The summed E-state index contributed by atoms with van der Waals surface area (Å²) in [6, 6.07) is 13.9. The van der Waals surface area contributed by atoms with Crippen LogP contribution < -0.4 is 0 Å². The number of likely N-dealkylation sites (N-methyl/N-ethyl adjacent to an activating group) is 1. The van der Waals surface area contributed by atoms with Crippen molar-refractivity contribution in [3.63, 3.8) is 0 Å². The lowest BCUT2D eigenvalue weighted by molar-refractivity contribution is -0.134. The second-order valence-electron chi connectivity index (χ2n) is 9.68. The van der Waals surface area contributed by atoms with Gasteiger partial charge in [0.15, 0.2) is 17.6 Å². The molecule has 0 heterocycles. The van der Waals surface area contributed by atoms with Gasteiger partial charge < -0.3 is 10.0 Å². The Morgan fingerprint density at radius 3 is 2.06 bits per heavy atom. The topological polar surface area (TPSA) is 74.7 Å². The van der Waals surface area contributed by atoms with Crippen LogP contribution in [0.25, 0.3) is 0 Å². The van der Waals surface area contributed by atoms with Crippen LogP contribution in [0.1, 0.15) is 85.3 Å². The Morgan fingerprint density at radius 2 is 1.50 bits per heavy atom. The molecule has 2 aromatic carbocycles. The van der Waals surface area contributed by atoms with Gasteiger partial charge in [-0.25, -0.2) is 0 Å². The van der Waals surface area contributed by atoms with E-state index in [-0.39, 0.29) is 6.42 Å². The number of hydrogen-bond acceptors (Lipinski definition) is 4. The molecule has 3 rings (SSSR count). The molecular formula is C31H37NO4. The van der Waals surface area contributed by atoms with Crippen molar-refractivity contribution in [1.82, 2.24) is 4.90 Å². The summed E-state index contributed by atoms with van der Waals surface area (Å²) in [6.45, 7) is 0.835. The van der Waals surface area contributed by atoms with E-state index in [1.54, 1.807) is 31.2 Å². The van der Waals surface area contributed by atoms with E-state index < -0.39 is 30.1 Å². The highest BCUT2D eigenvalue weighted by atomic mass is 16.3. The van der Waals surface area contributed by atoms with Crippen LogP contribution in [0.5, 0.6) is 0 Å². The fourth-order valence-corrected chi connectivity index (χ4v) is 4.88. The van der Waals surface area contributed by atoms with Crippen molar-refractivity contribution in [2.45, 2.75) is 70.8 Å². The number of aliphatic hydroxyl groups excluding tert-OH is 1. The first-order valence-corrected chi connectivity index (χ1v) is 13.1. The largest absolute Gasteiger partial charge is 0.388 e. The molecule has 0 saturated heterocycles. The van der Waals surface area contributed by atoms with Crippen molar-refractivity contribution >= 4 is 17.5 Å². The molecule has 1 aliphatic carbocycles. The number of ketones is 2. The first kappa shape index (κ1) is 27.4. The molecule has 0 aliphatic heterocycles. The van der Waals surface area contributed by atoms with Crippen LogP contribution in [0.15, 0.2) is 48.5 Å². The van der Waals surface area contributed by atoms with E-state index in [4.69, 9.17) is 0 Å². The van der Waals surface area contributed by atoms with Crippen molar-refractivity contribution in [3.05, 3.63) is 70.8 Å². The SMILES string of the molecule is CCC(=O)C(C(=O)CO)N(C)C(=O)c1ccc(C#Cc2ccc(CCCC3CCCCC3)cc2)cc1. The number of aryl methyl sites for hydroxylation is 1. The lowest BCUT2D eigenvalue weighted by Crippen LogP contribution is -2.48. The standard InChI is InChI=1S/C31H37NO4/c1-3-28(34)30(29(35)22-33)32(2)31(36)27-20-18-26(19-21-27)17-16-25-14-12-24(13-15-25)11-7-10-23-8-5-4-6-9-23/h12-15,18-21,23,30,33H,3-11,22H2,1-2H3. The van der Waals surface area contributed by atoms with E-state index in [0.29, 0.717) is 5.56 Å². The van der Waals surface area contributed by atoms with Crippen LogP contribution in [0.2, 0.25) is 0 Å². The minimum atomic E-state index is -1.28. The number of benzene rings is 2. The van der Waals surface area contributed by atoms with Gasteiger partial charge in [-0.05, 0) is 60.7 Å². The van der Waals surface area contributed by atoms with Gasteiger partial charge in [0, 0.05) is 30.2 Å². The van der Waals surface area contributed by atoms with Crippen LogP contribution in [0.4, 0.5) is 0 Å². The normalized spacial score (nSPS) is 14.4. The fourth-order valence-electron chi connectivity index (χ4n) is 4.88. The Balaban J connectivity index is 1.56. The quantitative estimate of drug-likeness (QED) is 0.379. The molecule has 0 spiro atoms. The second kappa shape index (κ2) is 13.8. The average Bonchev–Trinajstić information content (AvgIpc) is 2.92. The monoisotopic (exact) mass is 487 g/mol. The van der Waals surface area contributed by atoms with Crippen molar-refractivity contribution < 1.29 is 19.5 Å². The van der Waals surface area contributed by atoms with Crippen molar-refractivity contribution in [3.8, 4) is 11.8 Å². The van der Waals surface area contributed by atoms with Crippen molar-refractivity contribution in [1.29, 1.82) is 0 Å². The summed E-state index contributed by atoms with van der Waals surface area (Å²) < 4.78 is 0. The number of carbonyl (C=O) groups is 3. The first-order valence-electron chi connectivity index (χ1n) is 13.1. The second-order valence-corrected chi connectivity index (χ2v) is 9.68. The molecule has 1 saturated carbocycles. The number of carbonyl (C=O) groups excluding carboxylic acids is 3. The zero-order chi connectivity index (χ0) is 25.9. The van der Waals surface area contributed by atoms with Crippen LogP contribution in [0.3, 0.4) is 0 Å². The van der Waals surface area contributed by atoms with E-state index >= 15 is 0 Å². The van der Waals surface area contributed by atoms with Gasteiger partial charge in [0.05, 0.1) is 0 Å². The number of Topliss-reactive ketones (excluding diaryl/α,β-unsaturated/α-hetero) is 2. The molecular weight excluding hydrogens is 450 g/mol. The van der Waals surface area contributed by atoms with E-state index in [9.17, 15) is 19.5 Å². The number of amides is 1. The van der Waals surface area contributed by atoms with Gasteiger partial charge in [-0.3, -0.25) is 14.4 Å². The molecule has 5 heteroatoms. The van der Waals surface area contributed by atoms with Gasteiger partial charge in [0.1, 0.15) is 6.61 Å². The fraction of sp³-hybridized carbons (Fsp3) is 0.452. The zero-order valence-electron chi connectivity index (χ0n) is 21.5. The van der Waals surface area contributed by atoms with Crippen molar-refractivity contribution in [2.75, 3.05) is 13.7 Å². The van der Waals surface area contributed by atoms with Crippen LogP contribution in [-0.2, 0) is 16.0 Å². The molecule has 0 radical (unpaired) electrons. The Bertz CT molecular complexity index is 1070. The van der Waals surface area contributed by atoms with Crippen LogP contribution in [0, 0.1) is 17.8 Å². The summed E-state index contributed by atoms with van der Waals surface area (Å²) in [6.07, 6.45) is 10.8. The number of nitrogens with zero attached hydrogens (tertiary/aromatic N) is 1. The summed E-state index contributed by atoms with van der Waals surface area (Å²) in [5.41, 5.74) is 3.40. The summed E-state index contributed by atoms with van der Waals surface area (Å²) in [5.74, 6) is 5.68. The maximum absolute atomic E-state index is 12.8. The third kappa shape index (κ3) is 7.63. The van der Waals surface area contributed by atoms with E-state index in [0.717, 1.165) is 28.4 Å². The molecule has 2 aromatic rings. The lowest BCUT2D eigenvalue weighted by atomic mass is 9.85. The molecule has 1 atom stereocenters. The van der Waals surface area contributed by atoms with Gasteiger partial charge >= 0.3 is 0 Å². The minimum Gasteiger partial charge on any atom is -0.388 e. The molecule has 1 fully saturated rings. The summed E-state index contributed by atoms with van der Waals surface area (Å²) in [7, 11) is 1.40. The summed E-state index contributed by atoms with van der Waals surface area (Å²) in [5, 5.41) is 9.19. The third-order valence-electron chi connectivity index (χ3n) is 7.06. The Morgan fingerprint density at radius 1 is 0.917 bits per heavy atom. The molecule has 0 bridgehead atoms. The molecule has 36 heavy (non-hydrogen) atoms. The highest BCUT2D eigenvalue weighted by molar-refractivity contribution is 6.10. The Labute approximate surface area is 214 Å². The Kier molecular flexibility index (Phi) is 10.5. The van der Waals surface area contributed by atoms with Gasteiger partial charge in [0.2, 0.25) is 0 Å². The lowest BCUT2D eigenvalue weighted by Gasteiger charge is -2.25. The van der Waals surface area contributed by atoms with E-state index in [2.05, 4.69) is 36.1 Å². The average molecular weight is 488 g/mol. The summed E-state index contributed by atoms with van der Waals surface area (Å²) in [4.78, 5) is 38.1. The molecule has 1 N–H and O–H groups in total. The minimum absolute atomic E-state index is 0.101. The van der Waals surface area contributed by atoms with Gasteiger partial charge in [-0.1, -0.05) is 69.4 Å². The highest BCUT2D eigenvalue weighted by Crippen LogP contribution is 2.27. The number of rotatable bonds is 10. The predicted octanol–water partition coefficient (Wildman–Crippen LogP) is 4.97. The van der Waals surface area contributed by atoms with Gasteiger partial charge in [-0.15, -0.1) is 0 Å². The highest BCUT2D eigenvalue weighted by Gasteiger charge is 2.32. The van der Waals surface area contributed by atoms with Crippen LogP contribution >= 0.6 is 0 Å². The number of hydrogen-bond donors (Lipinski definition) is 1. The predicted molar refractivity (Wildman–Crippen MR) is 142 cm³/mol. The smallest absolute Gasteiger partial charge is 0.254 e. The van der Waals surface area contributed by atoms with E-state index in [1.807, 2.05) is 0 Å². The third-order valence-corrected chi connectivity index (χ3v) is 7.06. The number of aliphatic hydroxyl groups is 1. The maximum Gasteiger partial charge on any atom is 0.254 e. The maximum atomic E-state index is 12.8. The van der Waals surface area contributed by atoms with Crippen molar-refractivity contribution in [2.24, 2.45) is 5.92 Å².